The van der Waals surface area contributed by atoms with Gasteiger partial charge in [0.25, 0.3) is 5.91 Å². The molecule has 264 valence electrons. The predicted molar refractivity (Wildman–Crippen MR) is 180 cm³/mol. The van der Waals surface area contributed by atoms with Gasteiger partial charge in [0.05, 0.1) is 24.0 Å². The number of hydrogen-bond acceptors (Lipinski definition) is 11. The first kappa shape index (κ1) is 39.8. The van der Waals surface area contributed by atoms with Gasteiger partial charge in [0.15, 0.2) is 6.10 Å². The van der Waals surface area contributed by atoms with Crippen molar-refractivity contribution in [1.29, 1.82) is 0 Å². The number of allylic oxidation sites excluding steroid dienone is 4. The van der Waals surface area contributed by atoms with Crippen molar-refractivity contribution in [2.24, 2.45) is 17.6 Å². The Morgan fingerprint density at radius 1 is 1.12 bits per heavy atom. The standard InChI is InChI=1S/C35H50N4O9/c1-10-14-37-30-24-15-20(2)16-28(46-9)33(47-29(41)19-39(6)7)23(5)17-22(4)32(48-35(36)44)27(45-8)13-11-12-21(3)34(43)38-25(31(24)42)18-26(30)40/h10-13,17-18,20,23,27-28,32-33,37H,1,14-16,19H2,2-9H3,(H2,36,44)(H,38,43)/b13-11-,21-12+,22-17+/t20-,23-,27-,28-,32-,33+/m1/s1. The highest BCUT2D eigenvalue weighted by molar-refractivity contribution is 6.23. The largest absolute Gasteiger partial charge is 0.458 e. The van der Waals surface area contributed by atoms with Crippen molar-refractivity contribution in [3.8, 4) is 0 Å². The maximum absolute atomic E-state index is 13.8. The van der Waals surface area contributed by atoms with E-state index in [2.05, 4.69) is 17.2 Å². The van der Waals surface area contributed by atoms with Crippen LogP contribution in [0.3, 0.4) is 0 Å². The van der Waals surface area contributed by atoms with Crippen LogP contribution in [0.4, 0.5) is 4.79 Å². The third-order valence-corrected chi connectivity index (χ3v) is 7.89. The fourth-order valence-corrected chi connectivity index (χ4v) is 5.57. The summed E-state index contributed by atoms with van der Waals surface area (Å²) < 4.78 is 23.0. The molecule has 0 spiro atoms. The molecule has 2 amide bonds. The number of Topliss-reactive ketones (excluding diaryl/α,β-unsaturated/α-hetero) is 1. The third-order valence-electron chi connectivity index (χ3n) is 7.89. The minimum Gasteiger partial charge on any atom is -0.458 e. The molecule has 0 aromatic heterocycles. The smallest absolute Gasteiger partial charge is 0.405 e. The molecule has 2 rings (SSSR count). The Balaban J connectivity index is 2.74. The minimum atomic E-state index is -1.02. The number of nitrogens with one attached hydrogen (secondary N) is 2. The van der Waals surface area contributed by atoms with E-state index in [1.54, 1.807) is 57.1 Å². The Morgan fingerprint density at radius 2 is 1.81 bits per heavy atom. The number of carbonyl (C=O) groups excluding carboxylic acids is 5. The SMILES string of the molecule is C=CCNC1=C2C[C@@H](C)C[C@@H](OC)[C@@H](OC(=O)CN(C)C)[C@H](C)/C=C(\C)[C@@H](OC(N)=O)[C@H](OC)/C=C\C=C(/C)C(=O)NC(=CC1=O)C2=O. The highest BCUT2D eigenvalue weighted by atomic mass is 16.6. The van der Waals surface area contributed by atoms with Crippen LogP contribution < -0.4 is 16.4 Å². The zero-order chi connectivity index (χ0) is 36.1. The van der Waals surface area contributed by atoms with Crippen molar-refractivity contribution >= 4 is 29.5 Å². The van der Waals surface area contributed by atoms with Crippen molar-refractivity contribution in [1.82, 2.24) is 15.5 Å². The van der Waals surface area contributed by atoms with E-state index in [9.17, 15) is 24.0 Å². The van der Waals surface area contributed by atoms with E-state index < -0.39 is 59.9 Å². The van der Waals surface area contributed by atoms with Crippen molar-refractivity contribution < 1.29 is 42.9 Å². The zero-order valence-corrected chi connectivity index (χ0v) is 29.2. The first-order valence-electron chi connectivity index (χ1n) is 15.7. The van der Waals surface area contributed by atoms with Crippen molar-refractivity contribution in [3.63, 3.8) is 0 Å². The van der Waals surface area contributed by atoms with Crippen LogP contribution in [-0.4, -0.2) is 100 Å². The molecular weight excluding hydrogens is 620 g/mol. The molecule has 1 heterocycles. The van der Waals surface area contributed by atoms with E-state index in [4.69, 9.17) is 24.7 Å². The first-order valence-corrected chi connectivity index (χ1v) is 15.7. The molecule has 48 heavy (non-hydrogen) atoms. The highest BCUT2D eigenvalue weighted by Crippen LogP contribution is 2.30. The van der Waals surface area contributed by atoms with Gasteiger partial charge < -0.3 is 35.3 Å². The third kappa shape index (κ3) is 11.4. The summed E-state index contributed by atoms with van der Waals surface area (Å²) in [4.78, 5) is 66.7. The second kappa shape index (κ2) is 18.9. The minimum absolute atomic E-state index is 0.0253. The Bertz CT molecular complexity index is 1390. The molecule has 0 fully saturated rings. The summed E-state index contributed by atoms with van der Waals surface area (Å²) in [5, 5.41) is 5.56. The number of methoxy groups -OCH3 is 2. The lowest BCUT2D eigenvalue weighted by Gasteiger charge is -2.33. The summed E-state index contributed by atoms with van der Waals surface area (Å²) in [5.41, 5.74) is 6.41. The number of ketones is 2. The normalized spacial score (nSPS) is 29.1. The number of ether oxygens (including phenoxy) is 4. The molecule has 0 saturated heterocycles. The van der Waals surface area contributed by atoms with Gasteiger partial charge in [-0.25, -0.2) is 4.79 Å². The molecule has 0 aromatic carbocycles. The van der Waals surface area contributed by atoms with E-state index in [-0.39, 0.29) is 48.0 Å². The molecular formula is C35H50N4O9. The van der Waals surface area contributed by atoms with E-state index >= 15 is 0 Å². The number of rotatable bonds is 9. The number of nitrogens with two attached hydrogens (primary N) is 1. The summed E-state index contributed by atoms with van der Waals surface area (Å²) in [7, 11) is 6.43. The van der Waals surface area contributed by atoms with E-state index in [1.807, 2.05) is 13.8 Å². The molecule has 4 N–H and O–H groups in total. The molecule has 2 aliphatic rings. The number of fused-ring (bicyclic) bond motifs is 2. The Labute approximate surface area is 282 Å². The molecule has 1 aliphatic heterocycles. The molecule has 13 heteroatoms. The second-order valence-corrected chi connectivity index (χ2v) is 12.3. The lowest BCUT2D eigenvalue weighted by molar-refractivity contribution is -0.161. The van der Waals surface area contributed by atoms with Gasteiger partial charge in [0.1, 0.15) is 12.2 Å². The van der Waals surface area contributed by atoms with Gasteiger partial charge >= 0.3 is 12.1 Å². The zero-order valence-electron chi connectivity index (χ0n) is 29.2. The van der Waals surface area contributed by atoms with Crippen LogP contribution in [0.2, 0.25) is 0 Å². The molecule has 0 saturated carbocycles. The van der Waals surface area contributed by atoms with Gasteiger partial charge in [-0.3, -0.25) is 24.1 Å². The number of esters is 1. The monoisotopic (exact) mass is 670 g/mol. The van der Waals surface area contributed by atoms with Gasteiger partial charge in [0.2, 0.25) is 11.6 Å². The second-order valence-electron chi connectivity index (χ2n) is 12.3. The maximum Gasteiger partial charge on any atom is 0.405 e. The first-order chi connectivity index (χ1) is 22.6. The van der Waals surface area contributed by atoms with Crippen LogP contribution in [0.15, 0.2) is 71.1 Å². The average molecular weight is 671 g/mol. The fraction of sp³-hybridized carbons (Fsp3) is 0.514. The van der Waals surface area contributed by atoms with Crippen LogP contribution >= 0.6 is 0 Å². The van der Waals surface area contributed by atoms with Crippen molar-refractivity contribution in [2.45, 2.75) is 65.0 Å². The number of likely N-dealkylation sites (N-methyl/N-ethyl adjacent to an activating group) is 1. The Hall–Kier alpha value is -4.33. The lowest BCUT2D eigenvalue weighted by atomic mass is 9.85. The number of hydrogen-bond donors (Lipinski definition) is 3. The lowest BCUT2D eigenvalue weighted by Crippen LogP contribution is -2.41. The number of amides is 2. The van der Waals surface area contributed by atoms with Crippen LogP contribution in [0.1, 0.15) is 40.5 Å². The van der Waals surface area contributed by atoms with Crippen molar-refractivity contribution in [2.75, 3.05) is 41.4 Å². The van der Waals surface area contributed by atoms with E-state index in [0.29, 0.717) is 12.0 Å². The van der Waals surface area contributed by atoms with Crippen LogP contribution in [0, 0.1) is 11.8 Å². The Kier molecular flexibility index (Phi) is 15.7. The summed E-state index contributed by atoms with van der Waals surface area (Å²) in [6, 6.07) is 0. The summed E-state index contributed by atoms with van der Waals surface area (Å²) in [6.45, 7) is 11.0. The number of nitrogens with zero attached hydrogens (tertiary/aromatic N) is 1. The quantitative estimate of drug-likeness (QED) is 0.187. The van der Waals surface area contributed by atoms with E-state index in [0.717, 1.165) is 6.08 Å². The molecule has 0 unspecified atom stereocenters. The van der Waals surface area contributed by atoms with E-state index in [1.165, 1.54) is 20.3 Å². The van der Waals surface area contributed by atoms with Gasteiger partial charge in [-0.1, -0.05) is 44.2 Å². The molecule has 6 atom stereocenters. The van der Waals surface area contributed by atoms with Crippen LogP contribution in [0.25, 0.3) is 0 Å². The average Bonchev–Trinajstić information content (AvgIpc) is 3.00. The molecule has 13 nitrogen and oxygen atoms in total. The van der Waals surface area contributed by atoms with Gasteiger partial charge in [-0.05, 0) is 52.3 Å². The topological polar surface area (TPSA) is 176 Å². The summed E-state index contributed by atoms with van der Waals surface area (Å²) >= 11 is 0. The maximum atomic E-state index is 13.8. The number of primary amides is 1. The highest BCUT2D eigenvalue weighted by Gasteiger charge is 2.35. The van der Waals surface area contributed by atoms with Gasteiger partial charge in [0, 0.05) is 43.9 Å². The van der Waals surface area contributed by atoms with Gasteiger partial charge in [-0.2, -0.15) is 0 Å². The molecule has 2 bridgehead atoms. The summed E-state index contributed by atoms with van der Waals surface area (Å²) in [6.07, 6.45) is 5.32. The summed E-state index contributed by atoms with van der Waals surface area (Å²) in [5.74, 6) is -2.75. The van der Waals surface area contributed by atoms with Gasteiger partial charge in [-0.15, -0.1) is 6.58 Å². The predicted octanol–water partition coefficient (Wildman–Crippen LogP) is 2.65. The Morgan fingerprint density at radius 3 is 2.40 bits per heavy atom. The fourth-order valence-electron chi connectivity index (χ4n) is 5.57. The molecule has 0 radical (unpaired) electrons. The molecule has 0 aromatic rings. The van der Waals surface area contributed by atoms with Crippen LogP contribution in [0.5, 0.6) is 0 Å². The number of carbonyl (C=O) groups is 5. The molecule has 1 aliphatic carbocycles. The van der Waals surface area contributed by atoms with Crippen LogP contribution in [-0.2, 0) is 38.1 Å². The van der Waals surface area contributed by atoms with Crippen molar-refractivity contribution in [3.05, 3.63) is 71.1 Å².